The van der Waals surface area contributed by atoms with Gasteiger partial charge in [0.2, 0.25) is 0 Å². The van der Waals surface area contributed by atoms with Gasteiger partial charge in [-0.2, -0.15) is 0 Å². The van der Waals surface area contributed by atoms with E-state index in [0.717, 1.165) is 26.2 Å². The van der Waals surface area contributed by atoms with Crippen LogP contribution in [-0.2, 0) is 0 Å². The number of hydrogen-bond donors (Lipinski definition) is 0. The molecule has 0 aromatic heterocycles. The van der Waals surface area contributed by atoms with Crippen molar-refractivity contribution in [2.75, 3.05) is 49.1 Å². The Kier molecular flexibility index (Phi) is 6.27. The van der Waals surface area contributed by atoms with Crippen molar-refractivity contribution in [1.29, 1.82) is 0 Å². The zero-order valence-electron chi connectivity index (χ0n) is 16.4. The Morgan fingerprint density at radius 1 is 1.04 bits per heavy atom. The van der Waals surface area contributed by atoms with E-state index in [1.807, 2.05) is 17.0 Å². The van der Waals surface area contributed by atoms with Gasteiger partial charge < -0.3 is 14.7 Å². The number of halogens is 1. The SMILES string of the molecule is CCN(CC)c1ccc(N2CCN(C(=O)c3ccccc3Cl)CC2)c(C)c1. The fourth-order valence-electron chi connectivity index (χ4n) is 3.74. The fraction of sp³-hybridized carbons (Fsp3) is 0.409. The van der Waals surface area contributed by atoms with Gasteiger partial charge in [-0.1, -0.05) is 23.7 Å². The average Bonchev–Trinajstić information content (AvgIpc) is 2.69. The van der Waals surface area contributed by atoms with Gasteiger partial charge in [-0.15, -0.1) is 0 Å². The van der Waals surface area contributed by atoms with Gasteiger partial charge in [0.1, 0.15) is 0 Å². The Hall–Kier alpha value is -2.20. The first-order valence-corrected chi connectivity index (χ1v) is 10.1. The highest BCUT2D eigenvalue weighted by molar-refractivity contribution is 6.33. The summed E-state index contributed by atoms with van der Waals surface area (Å²) in [5, 5.41) is 0.521. The molecule has 1 amide bonds. The summed E-state index contributed by atoms with van der Waals surface area (Å²) in [5.41, 5.74) is 4.40. The van der Waals surface area contributed by atoms with E-state index in [0.29, 0.717) is 23.7 Å². The van der Waals surface area contributed by atoms with Crippen LogP contribution in [0.25, 0.3) is 0 Å². The summed E-state index contributed by atoms with van der Waals surface area (Å²) in [7, 11) is 0. The van der Waals surface area contributed by atoms with Crippen molar-refractivity contribution in [1.82, 2.24) is 4.90 Å². The van der Waals surface area contributed by atoms with Gasteiger partial charge in [0.25, 0.3) is 5.91 Å². The van der Waals surface area contributed by atoms with Crippen LogP contribution in [0, 0.1) is 6.92 Å². The molecule has 0 bridgehead atoms. The first-order chi connectivity index (χ1) is 13.0. The smallest absolute Gasteiger partial charge is 0.255 e. The number of rotatable bonds is 5. The Morgan fingerprint density at radius 3 is 2.30 bits per heavy atom. The largest absolute Gasteiger partial charge is 0.372 e. The van der Waals surface area contributed by atoms with E-state index in [1.54, 1.807) is 12.1 Å². The molecule has 144 valence electrons. The molecule has 0 saturated carbocycles. The van der Waals surface area contributed by atoms with E-state index >= 15 is 0 Å². The van der Waals surface area contributed by atoms with Crippen molar-refractivity contribution >= 4 is 28.9 Å². The average molecular weight is 386 g/mol. The van der Waals surface area contributed by atoms with E-state index in [4.69, 9.17) is 11.6 Å². The van der Waals surface area contributed by atoms with Gasteiger partial charge in [-0.25, -0.2) is 0 Å². The molecule has 5 heteroatoms. The maximum Gasteiger partial charge on any atom is 0.255 e. The first kappa shape index (κ1) is 19.6. The van der Waals surface area contributed by atoms with Crippen molar-refractivity contribution in [2.45, 2.75) is 20.8 Å². The Labute approximate surface area is 167 Å². The van der Waals surface area contributed by atoms with Crippen LogP contribution in [-0.4, -0.2) is 50.1 Å². The topological polar surface area (TPSA) is 26.8 Å². The maximum absolute atomic E-state index is 12.7. The Balaban J connectivity index is 1.67. The van der Waals surface area contributed by atoms with Crippen LogP contribution < -0.4 is 9.80 Å². The Bertz CT molecular complexity index is 796. The van der Waals surface area contributed by atoms with Crippen molar-refractivity contribution in [3.63, 3.8) is 0 Å². The van der Waals surface area contributed by atoms with Crippen LogP contribution in [0.2, 0.25) is 5.02 Å². The number of carbonyl (C=O) groups excluding carboxylic acids is 1. The highest BCUT2D eigenvalue weighted by atomic mass is 35.5. The molecule has 1 saturated heterocycles. The van der Waals surface area contributed by atoms with Gasteiger partial charge in [0.15, 0.2) is 0 Å². The molecule has 1 heterocycles. The van der Waals surface area contributed by atoms with Gasteiger partial charge >= 0.3 is 0 Å². The van der Waals surface area contributed by atoms with E-state index in [2.05, 4.69) is 48.8 Å². The van der Waals surface area contributed by atoms with Gasteiger partial charge in [-0.3, -0.25) is 4.79 Å². The zero-order chi connectivity index (χ0) is 19.4. The number of aryl methyl sites for hydroxylation is 1. The second kappa shape index (κ2) is 8.66. The lowest BCUT2D eigenvalue weighted by Crippen LogP contribution is -2.49. The van der Waals surface area contributed by atoms with E-state index in [9.17, 15) is 4.79 Å². The van der Waals surface area contributed by atoms with E-state index in [-0.39, 0.29) is 5.91 Å². The third-order valence-corrected chi connectivity index (χ3v) is 5.65. The second-order valence-corrected chi connectivity index (χ2v) is 7.31. The molecular formula is C22H28ClN3O. The lowest BCUT2D eigenvalue weighted by molar-refractivity contribution is 0.0747. The summed E-state index contributed by atoms with van der Waals surface area (Å²) in [6, 6.07) is 14.0. The number of piperazine rings is 1. The molecule has 4 nitrogen and oxygen atoms in total. The van der Waals surface area contributed by atoms with Crippen LogP contribution in [0.4, 0.5) is 11.4 Å². The summed E-state index contributed by atoms with van der Waals surface area (Å²) in [6.07, 6.45) is 0. The molecule has 27 heavy (non-hydrogen) atoms. The fourth-order valence-corrected chi connectivity index (χ4v) is 3.95. The summed E-state index contributed by atoms with van der Waals surface area (Å²) < 4.78 is 0. The monoisotopic (exact) mass is 385 g/mol. The molecule has 0 atom stereocenters. The van der Waals surface area contributed by atoms with Crippen LogP contribution in [0.3, 0.4) is 0 Å². The molecule has 0 N–H and O–H groups in total. The Morgan fingerprint density at radius 2 is 1.70 bits per heavy atom. The summed E-state index contributed by atoms with van der Waals surface area (Å²) in [4.78, 5) is 19.4. The number of nitrogens with zero attached hydrogens (tertiary/aromatic N) is 3. The molecule has 2 aromatic rings. The molecular weight excluding hydrogens is 358 g/mol. The molecule has 0 unspecified atom stereocenters. The van der Waals surface area contributed by atoms with Crippen molar-refractivity contribution < 1.29 is 4.79 Å². The van der Waals surface area contributed by atoms with Crippen molar-refractivity contribution in [3.05, 3.63) is 58.6 Å². The number of hydrogen-bond acceptors (Lipinski definition) is 3. The normalized spacial score (nSPS) is 14.4. The summed E-state index contributed by atoms with van der Waals surface area (Å²) >= 11 is 6.19. The summed E-state index contributed by atoms with van der Waals surface area (Å²) in [6.45, 7) is 11.6. The van der Waals surface area contributed by atoms with E-state index in [1.165, 1.54) is 16.9 Å². The van der Waals surface area contributed by atoms with Crippen LogP contribution in [0.15, 0.2) is 42.5 Å². The lowest BCUT2D eigenvalue weighted by atomic mass is 10.1. The first-order valence-electron chi connectivity index (χ1n) is 9.69. The quantitative estimate of drug-likeness (QED) is 0.760. The molecule has 0 radical (unpaired) electrons. The van der Waals surface area contributed by atoms with Crippen molar-refractivity contribution in [2.24, 2.45) is 0 Å². The molecule has 2 aromatic carbocycles. The highest BCUT2D eigenvalue weighted by Gasteiger charge is 2.24. The van der Waals surface area contributed by atoms with Crippen molar-refractivity contribution in [3.8, 4) is 0 Å². The molecule has 0 aliphatic carbocycles. The predicted octanol–water partition coefficient (Wildman–Crippen LogP) is 4.46. The minimum atomic E-state index is 0.0221. The number of amides is 1. The standard InChI is InChI=1S/C22H28ClN3O/c1-4-24(5-2)18-10-11-21(17(3)16-18)25-12-14-26(15-13-25)22(27)19-8-6-7-9-20(19)23/h6-11,16H,4-5,12-15H2,1-3H3. The minimum Gasteiger partial charge on any atom is -0.372 e. The van der Waals surface area contributed by atoms with Gasteiger partial charge in [0.05, 0.1) is 10.6 Å². The van der Waals surface area contributed by atoms with Gasteiger partial charge in [-0.05, 0) is 56.7 Å². The molecule has 0 spiro atoms. The molecule has 1 aliphatic rings. The van der Waals surface area contributed by atoms with Crippen LogP contribution in [0.1, 0.15) is 29.8 Å². The maximum atomic E-state index is 12.7. The number of carbonyl (C=O) groups is 1. The third kappa shape index (κ3) is 4.22. The lowest BCUT2D eigenvalue weighted by Gasteiger charge is -2.37. The molecule has 1 aliphatic heterocycles. The molecule has 1 fully saturated rings. The highest BCUT2D eigenvalue weighted by Crippen LogP contribution is 2.27. The predicted molar refractivity (Wildman–Crippen MR) is 114 cm³/mol. The minimum absolute atomic E-state index is 0.0221. The number of anilines is 2. The van der Waals surface area contributed by atoms with E-state index < -0.39 is 0 Å². The third-order valence-electron chi connectivity index (χ3n) is 5.32. The second-order valence-electron chi connectivity index (χ2n) is 6.90. The van der Waals surface area contributed by atoms with Crippen LogP contribution >= 0.6 is 11.6 Å². The molecule has 3 rings (SSSR count). The summed E-state index contributed by atoms with van der Waals surface area (Å²) in [5.74, 6) is 0.0221. The number of benzene rings is 2. The van der Waals surface area contributed by atoms with Crippen LogP contribution in [0.5, 0.6) is 0 Å². The van der Waals surface area contributed by atoms with Gasteiger partial charge in [0, 0.05) is 50.6 Å². The zero-order valence-corrected chi connectivity index (χ0v) is 17.2.